The number of esters is 1. The molecule has 0 N–H and O–H groups in total. The van der Waals surface area contributed by atoms with Crippen LogP contribution in [-0.2, 0) is 4.74 Å². The van der Waals surface area contributed by atoms with Gasteiger partial charge in [-0.25, -0.2) is 14.2 Å². The number of rotatable bonds is 3. The van der Waals surface area contributed by atoms with Gasteiger partial charge in [0.15, 0.2) is 5.69 Å². The molecule has 0 fully saturated rings. The van der Waals surface area contributed by atoms with Crippen LogP contribution in [0, 0.1) is 12.7 Å². The topological polar surface area (TPSA) is 48.4 Å². The Kier molecular flexibility index (Phi) is 3.80. The Labute approximate surface area is 113 Å². The molecule has 0 saturated heterocycles. The molecular weight excluding hydrogens is 269 g/mol. The molecule has 0 bridgehead atoms. The van der Waals surface area contributed by atoms with Crippen LogP contribution in [0.15, 0.2) is 18.2 Å². The average Bonchev–Trinajstić information content (AvgIpc) is 2.79. The fraction of sp³-hybridized carbons (Fsp3) is 0.231. The fourth-order valence-electron chi connectivity index (χ4n) is 1.59. The molecule has 0 amide bonds. The Morgan fingerprint density at radius 3 is 2.68 bits per heavy atom. The molecule has 100 valence electrons. The van der Waals surface area contributed by atoms with Crippen LogP contribution in [0.1, 0.15) is 15.4 Å². The molecule has 1 aromatic carbocycles. The summed E-state index contributed by atoms with van der Waals surface area (Å²) in [4.78, 5) is 16.3. The van der Waals surface area contributed by atoms with E-state index in [1.165, 1.54) is 31.6 Å². The molecule has 0 aliphatic rings. The maximum atomic E-state index is 13.9. The first-order valence-corrected chi connectivity index (χ1v) is 6.28. The van der Waals surface area contributed by atoms with Gasteiger partial charge in [-0.15, -0.1) is 11.3 Å². The minimum absolute atomic E-state index is 0.220. The third-order valence-corrected chi connectivity index (χ3v) is 3.59. The molecule has 2 rings (SSSR count). The van der Waals surface area contributed by atoms with Gasteiger partial charge in [-0.05, 0) is 19.1 Å². The van der Waals surface area contributed by atoms with Crippen molar-refractivity contribution in [2.45, 2.75) is 6.92 Å². The number of aryl methyl sites for hydroxylation is 1. The first-order chi connectivity index (χ1) is 9.06. The molecule has 4 nitrogen and oxygen atoms in total. The fourth-order valence-corrected chi connectivity index (χ4v) is 2.52. The van der Waals surface area contributed by atoms with Crippen LogP contribution in [0.4, 0.5) is 4.39 Å². The molecule has 19 heavy (non-hydrogen) atoms. The van der Waals surface area contributed by atoms with E-state index in [2.05, 4.69) is 9.72 Å². The van der Waals surface area contributed by atoms with Crippen molar-refractivity contribution >= 4 is 17.3 Å². The number of methoxy groups -OCH3 is 2. The molecule has 0 radical (unpaired) electrons. The van der Waals surface area contributed by atoms with E-state index < -0.39 is 11.8 Å². The van der Waals surface area contributed by atoms with Gasteiger partial charge in [-0.1, -0.05) is 0 Å². The van der Waals surface area contributed by atoms with Crippen LogP contribution >= 0.6 is 11.3 Å². The summed E-state index contributed by atoms with van der Waals surface area (Å²) in [6.07, 6.45) is 0. The number of hydrogen-bond acceptors (Lipinski definition) is 5. The molecular formula is C13H12FNO3S. The number of thiazole rings is 1. The van der Waals surface area contributed by atoms with E-state index in [0.717, 1.165) is 0 Å². The number of ether oxygens (including phenoxy) is 2. The van der Waals surface area contributed by atoms with Gasteiger partial charge in [0.2, 0.25) is 0 Å². The molecule has 0 spiro atoms. The molecule has 1 aromatic heterocycles. The zero-order valence-corrected chi connectivity index (χ0v) is 11.5. The van der Waals surface area contributed by atoms with Gasteiger partial charge in [-0.3, -0.25) is 0 Å². The summed E-state index contributed by atoms with van der Waals surface area (Å²) < 4.78 is 23.5. The van der Waals surface area contributed by atoms with Crippen molar-refractivity contribution in [3.63, 3.8) is 0 Å². The highest BCUT2D eigenvalue weighted by molar-refractivity contribution is 7.15. The largest absolute Gasteiger partial charge is 0.497 e. The quantitative estimate of drug-likeness (QED) is 0.811. The molecule has 2 aromatic rings. The molecule has 1 heterocycles. The van der Waals surface area contributed by atoms with E-state index in [0.29, 0.717) is 21.2 Å². The first-order valence-electron chi connectivity index (χ1n) is 5.46. The van der Waals surface area contributed by atoms with E-state index in [4.69, 9.17) is 4.74 Å². The Hall–Kier alpha value is -1.95. The summed E-state index contributed by atoms with van der Waals surface area (Å²) in [7, 11) is 2.76. The van der Waals surface area contributed by atoms with Crippen molar-refractivity contribution in [3.05, 3.63) is 34.6 Å². The van der Waals surface area contributed by atoms with Crippen molar-refractivity contribution < 1.29 is 18.7 Å². The molecule has 6 heteroatoms. The van der Waals surface area contributed by atoms with Crippen LogP contribution in [-0.4, -0.2) is 25.2 Å². The Morgan fingerprint density at radius 2 is 2.11 bits per heavy atom. The van der Waals surface area contributed by atoms with E-state index >= 15 is 0 Å². The second-order valence-electron chi connectivity index (χ2n) is 3.76. The van der Waals surface area contributed by atoms with E-state index in [1.807, 2.05) is 0 Å². The SMILES string of the molecule is COC(=O)c1nc(-c2ccc(OC)cc2F)sc1C. The number of halogens is 1. The van der Waals surface area contributed by atoms with Gasteiger partial charge in [0, 0.05) is 16.5 Å². The predicted molar refractivity (Wildman–Crippen MR) is 70.1 cm³/mol. The third kappa shape index (κ3) is 2.58. The zero-order valence-electron chi connectivity index (χ0n) is 10.7. The Balaban J connectivity index is 2.45. The highest BCUT2D eigenvalue weighted by atomic mass is 32.1. The summed E-state index contributed by atoms with van der Waals surface area (Å²) in [6, 6.07) is 4.50. The van der Waals surface area contributed by atoms with Crippen molar-refractivity contribution in [1.29, 1.82) is 0 Å². The second kappa shape index (κ2) is 5.36. The Morgan fingerprint density at radius 1 is 1.37 bits per heavy atom. The van der Waals surface area contributed by atoms with Gasteiger partial charge < -0.3 is 9.47 Å². The van der Waals surface area contributed by atoms with Crippen LogP contribution in [0.3, 0.4) is 0 Å². The number of aromatic nitrogens is 1. The molecule has 0 unspecified atom stereocenters. The van der Waals surface area contributed by atoms with Gasteiger partial charge in [0.05, 0.1) is 14.2 Å². The number of carbonyl (C=O) groups excluding carboxylic acids is 1. The van der Waals surface area contributed by atoms with Crippen LogP contribution < -0.4 is 4.74 Å². The minimum atomic E-state index is -0.520. The highest BCUT2D eigenvalue weighted by Crippen LogP contribution is 2.31. The van der Waals surface area contributed by atoms with E-state index in [1.54, 1.807) is 19.1 Å². The van der Waals surface area contributed by atoms with E-state index in [9.17, 15) is 9.18 Å². The molecule has 0 aliphatic carbocycles. The predicted octanol–water partition coefficient (Wildman–Crippen LogP) is 3.05. The first kappa shape index (κ1) is 13.5. The highest BCUT2D eigenvalue weighted by Gasteiger charge is 2.18. The van der Waals surface area contributed by atoms with Gasteiger partial charge in [0.1, 0.15) is 16.6 Å². The number of carbonyl (C=O) groups is 1. The van der Waals surface area contributed by atoms with Crippen molar-refractivity contribution in [2.75, 3.05) is 14.2 Å². The molecule has 0 aliphatic heterocycles. The van der Waals surface area contributed by atoms with Crippen LogP contribution in [0.2, 0.25) is 0 Å². The monoisotopic (exact) mass is 281 g/mol. The maximum Gasteiger partial charge on any atom is 0.357 e. The standard InChI is InChI=1S/C13H12FNO3S/c1-7-11(13(16)18-3)15-12(19-7)9-5-4-8(17-2)6-10(9)14/h4-6H,1-3H3. The lowest BCUT2D eigenvalue weighted by atomic mass is 10.2. The van der Waals surface area contributed by atoms with Crippen LogP contribution in [0.25, 0.3) is 10.6 Å². The zero-order chi connectivity index (χ0) is 14.0. The van der Waals surface area contributed by atoms with Crippen molar-refractivity contribution in [2.24, 2.45) is 0 Å². The lowest BCUT2D eigenvalue weighted by Crippen LogP contribution is -2.03. The average molecular weight is 281 g/mol. The van der Waals surface area contributed by atoms with Crippen molar-refractivity contribution in [3.8, 4) is 16.3 Å². The van der Waals surface area contributed by atoms with Crippen molar-refractivity contribution in [1.82, 2.24) is 4.98 Å². The summed E-state index contributed by atoms with van der Waals surface area (Å²) in [5.41, 5.74) is 0.557. The number of nitrogens with zero attached hydrogens (tertiary/aromatic N) is 1. The lowest BCUT2D eigenvalue weighted by Gasteiger charge is -2.02. The maximum absolute atomic E-state index is 13.9. The Bertz CT molecular complexity index is 624. The summed E-state index contributed by atoms with van der Waals surface area (Å²) in [5, 5.41) is 0.443. The normalized spacial score (nSPS) is 10.3. The summed E-state index contributed by atoms with van der Waals surface area (Å²) >= 11 is 1.25. The third-order valence-electron chi connectivity index (χ3n) is 2.58. The lowest BCUT2D eigenvalue weighted by molar-refractivity contribution is 0.0594. The summed E-state index contributed by atoms with van der Waals surface area (Å²) in [5.74, 6) is -0.527. The number of benzene rings is 1. The van der Waals surface area contributed by atoms with Gasteiger partial charge in [-0.2, -0.15) is 0 Å². The smallest absolute Gasteiger partial charge is 0.357 e. The second-order valence-corrected chi connectivity index (χ2v) is 4.96. The number of hydrogen-bond donors (Lipinski definition) is 0. The van der Waals surface area contributed by atoms with Crippen LogP contribution in [0.5, 0.6) is 5.75 Å². The molecule has 0 saturated carbocycles. The summed E-state index contributed by atoms with van der Waals surface area (Å²) in [6.45, 7) is 1.74. The van der Waals surface area contributed by atoms with Gasteiger partial charge >= 0.3 is 5.97 Å². The minimum Gasteiger partial charge on any atom is -0.497 e. The molecule has 0 atom stereocenters. The van der Waals surface area contributed by atoms with E-state index in [-0.39, 0.29) is 5.69 Å². The van der Waals surface area contributed by atoms with Gasteiger partial charge in [0.25, 0.3) is 0 Å².